The van der Waals surface area contributed by atoms with E-state index in [4.69, 9.17) is 10.00 Å². The summed E-state index contributed by atoms with van der Waals surface area (Å²) in [5.41, 5.74) is 2.30. The predicted molar refractivity (Wildman–Crippen MR) is 90.0 cm³/mol. The first-order valence-corrected chi connectivity index (χ1v) is 7.90. The van der Waals surface area contributed by atoms with Gasteiger partial charge in [-0.25, -0.2) is 4.79 Å². The summed E-state index contributed by atoms with van der Waals surface area (Å²) in [7, 11) is 0. The first-order valence-electron chi connectivity index (χ1n) is 7.06. The minimum atomic E-state index is -0.900. The topological polar surface area (TPSA) is 105 Å². The van der Waals surface area contributed by atoms with Crippen molar-refractivity contribution >= 4 is 23.5 Å². The monoisotopic (exact) mass is 350 g/mol. The molecule has 0 aliphatic carbocycles. The van der Waals surface area contributed by atoms with Crippen molar-refractivity contribution in [2.24, 2.45) is 0 Å². The van der Waals surface area contributed by atoms with Crippen molar-refractivity contribution in [1.82, 2.24) is 14.9 Å². The molecule has 8 heteroatoms. The molecule has 0 saturated carbocycles. The fourth-order valence-electron chi connectivity index (χ4n) is 1.98. The van der Waals surface area contributed by atoms with Crippen molar-refractivity contribution in [3.05, 3.63) is 65.0 Å². The van der Waals surface area contributed by atoms with Crippen molar-refractivity contribution in [1.29, 1.82) is 5.26 Å². The maximum atomic E-state index is 12.1. The summed E-state index contributed by atoms with van der Waals surface area (Å²) >= 11 is 1.24. The number of rotatable bonds is 3. The normalized spacial score (nSPS) is 9.88. The van der Waals surface area contributed by atoms with Gasteiger partial charge in [-0.3, -0.25) is 10.1 Å². The van der Waals surface area contributed by atoms with E-state index in [0.29, 0.717) is 11.1 Å². The second-order valence-corrected chi connectivity index (χ2v) is 5.46. The van der Waals surface area contributed by atoms with Crippen LogP contribution in [0.4, 0.5) is 4.79 Å². The van der Waals surface area contributed by atoms with E-state index in [1.807, 2.05) is 6.07 Å². The summed E-state index contributed by atoms with van der Waals surface area (Å²) in [5.74, 6) is -0.350. The Morgan fingerprint density at radius 1 is 1.08 bits per heavy atom. The third-order valence-electron chi connectivity index (χ3n) is 3.21. The van der Waals surface area contributed by atoms with Gasteiger partial charge in [0.05, 0.1) is 11.6 Å². The second kappa shape index (κ2) is 7.33. The maximum Gasteiger partial charge on any atom is 0.419 e. The number of imide groups is 1. The Bertz CT molecular complexity index is 930. The first kappa shape index (κ1) is 16.3. The number of carbonyl (C=O) groups excluding carboxylic acids is 2. The molecule has 0 aliphatic heterocycles. The van der Waals surface area contributed by atoms with Gasteiger partial charge in [-0.1, -0.05) is 16.6 Å². The molecule has 3 aromatic rings. The predicted octanol–water partition coefficient (Wildman–Crippen LogP) is 3.01. The Morgan fingerprint density at radius 2 is 1.80 bits per heavy atom. The Hall–Kier alpha value is -3.57. The van der Waals surface area contributed by atoms with Gasteiger partial charge in [0.15, 0.2) is 0 Å². The third-order valence-corrected chi connectivity index (χ3v) is 3.72. The molecule has 0 atom stereocenters. The van der Waals surface area contributed by atoms with Gasteiger partial charge in [0.2, 0.25) is 0 Å². The minimum absolute atomic E-state index is 0.232. The van der Waals surface area contributed by atoms with Gasteiger partial charge in [0.1, 0.15) is 11.4 Å². The van der Waals surface area contributed by atoms with Crippen molar-refractivity contribution in [2.75, 3.05) is 0 Å². The molecule has 7 nitrogen and oxygen atoms in total. The number of nitrogens with one attached hydrogen (secondary N) is 1. The van der Waals surface area contributed by atoms with Crippen LogP contribution in [0.2, 0.25) is 0 Å². The van der Waals surface area contributed by atoms with Crippen LogP contribution in [0.15, 0.2) is 53.9 Å². The summed E-state index contributed by atoms with van der Waals surface area (Å²) < 4.78 is 8.77. The Labute approximate surface area is 146 Å². The van der Waals surface area contributed by atoms with Gasteiger partial charge in [-0.2, -0.15) is 5.26 Å². The Morgan fingerprint density at radius 3 is 2.40 bits per heavy atom. The van der Waals surface area contributed by atoms with E-state index in [1.165, 1.54) is 35.8 Å². The van der Waals surface area contributed by atoms with Crippen LogP contribution in [-0.4, -0.2) is 21.6 Å². The van der Waals surface area contributed by atoms with E-state index in [9.17, 15) is 9.59 Å². The van der Waals surface area contributed by atoms with Crippen LogP contribution in [0.3, 0.4) is 0 Å². The van der Waals surface area contributed by atoms with Crippen molar-refractivity contribution in [3.63, 3.8) is 0 Å². The molecule has 0 unspecified atom stereocenters. The zero-order valence-electron chi connectivity index (χ0n) is 12.7. The number of nitriles is 1. The van der Waals surface area contributed by atoms with E-state index < -0.39 is 12.0 Å². The SMILES string of the molecule is N#Cc1ccc(OC(=O)NC(=O)c2ccc(-c3csnn3)cc2)cc1. The lowest BCUT2D eigenvalue weighted by Crippen LogP contribution is -2.32. The third kappa shape index (κ3) is 4.04. The summed E-state index contributed by atoms with van der Waals surface area (Å²) in [6.07, 6.45) is -0.900. The lowest BCUT2D eigenvalue weighted by Gasteiger charge is -2.06. The van der Waals surface area contributed by atoms with Gasteiger partial charge >= 0.3 is 6.09 Å². The van der Waals surface area contributed by atoms with Gasteiger partial charge in [0.25, 0.3) is 5.91 Å². The summed E-state index contributed by atoms with van der Waals surface area (Å²) in [6.45, 7) is 0. The van der Waals surface area contributed by atoms with Gasteiger partial charge in [0, 0.05) is 16.5 Å². The Kier molecular flexibility index (Phi) is 4.78. The molecule has 0 aliphatic rings. The number of hydrogen-bond donors (Lipinski definition) is 1. The summed E-state index contributed by atoms with van der Waals surface area (Å²) in [6, 6.07) is 14.5. The molecule has 1 heterocycles. The lowest BCUT2D eigenvalue weighted by molar-refractivity contribution is 0.0951. The highest BCUT2D eigenvalue weighted by Gasteiger charge is 2.12. The van der Waals surface area contributed by atoms with E-state index in [0.717, 1.165) is 11.3 Å². The molecule has 0 spiro atoms. The highest BCUT2D eigenvalue weighted by atomic mass is 32.1. The first-order chi connectivity index (χ1) is 12.2. The van der Waals surface area contributed by atoms with Crippen LogP contribution in [0, 0.1) is 11.3 Å². The Balaban J connectivity index is 1.61. The number of ether oxygens (including phenoxy) is 1. The van der Waals surface area contributed by atoms with Crippen LogP contribution in [-0.2, 0) is 0 Å². The van der Waals surface area contributed by atoms with E-state index in [1.54, 1.807) is 29.6 Å². The summed E-state index contributed by atoms with van der Waals surface area (Å²) in [5, 5.41) is 16.6. The van der Waals surface area contributed by atoms with E-state index in [-0.39, 0.29) is 5.75 Å². The number of hydrogen-bond acceptors (Lipinski definition) is 7. The molecule has 25 heavy (non-hydrogen) atoms. The van der Waals surface area contributed by atoms with Crippen LogP contribution in [0.25, 0.3) is 11.3 Å². The fraction of sp³-hybridized carbons (Fsp3) is 0. The highest BCUT2D eigenvalue weighted by molar-refractivity contribution is 7.03. The number of nitrogens with zero attached hydrogens (tertiary/aromatic N) is 3. The van der Waals surface area contributed by atoms with Crippen molar-refractivity contribution in [2.45, 2.75) is 0 Å². The lowest BCUT2D eigenvalue weighted by atomic mass is 10.1. The fourth-order valence-corrected chi connectivity index (χ4v) is 2.44. The average molecular weight is 350 g/mol. The van der Waals surface area contributed by atoms with E-state index in [2.05, 4.69) is 14.9 Å². The van der Waals surface area contributed by atoms with Crippen molar-refractivity contribution in [3.8, 4) is 23.1 Å². The molecule has 0 radical (unpaired) electrons. The minimum Gasteiger partial charge on any atom is -0.410 e. The highest BCUT2D eigenvalue weighted by Crippen LogP contribution is 2.18. The van der Waals surface area contributed by atoms with Crippen LogP contribution in [0.5, 0.6) is 5.75 Å². The van der Waals surface area contributed by atoms with Crippen LogP contribution >= 0.6 is 11.5 Å². The van der Waals surface area contributed by atoms with Gasteiger partial charge < -0.3 is 4.74 Å². The number of aromatic nitrogens is 2. The molecule has 1 aromatic heterocycles. The maximum absolute atomic E-state index is 12.1. The van der Waals surface area contributed by atoms with Crippen molar-refractivity contribution < 1.29 is 14.3 Å². The summed E-state index contributed by atoms with van der Waals surface area (Å²) in [4.78, 5) is 23.8. The number of benzene rings is 2. The smallest absolute Gasteiger partial charge is 0.410 e. The average Bonchev–Trinajstić information content (AvgIpc) is 3.17. The van der Waals surface area contributed by atoms with Crippen LogP contribution < -0.4 is 10.1 Å². The molecule has 0 saturated heterocycles. The van der Waals surface area contributed by atoms with Crippen LogP contribution in [0.1, 0.15) is 15.9 Å². The quantitative estimate of drug-likeness (QED) is 0.778. The standard InChI is InChI=1S/C17H10N4O3S/c18-9-11-1-7-14(8-2-11)24-17(23)19-16(22)13-5-3-12(4-6-13)15-10-25-21-20-15/h1-8,10H,(H,19,22,23). The van der Waals surface area contributed by atoms with Gasteiger partial charge in [-0.15, -0.1) is 5.10 Å². The second-order valence-electron chi connectivity index (χ2n) is 4.85. The number of carbonyl (C=O) groups is 2. The zero-order chi connectivity index (χ0) is 17.6. The molecule has 1 N–H and O–H groups in total. The molecular formula is C17H10N4O3S. The van der Waals surface area contributed by atoms with E-state index >= 15 is 0 Å². The van der Waals surface area contributed by atoms with Gasteiger partial charge in [-0.05, 0) is 47.9 Å². The molecular weight excluding hydrogens is 340 g/mol. The molecule has 2 aromatic carbocycles. The largest absolute Gasteiger partial charge is 0.419 e. The molecule has 2 amide bonds. The molecule has 3 rings (SSSR count). The zero-order valence-corrected chi connectivity index (χ0v) is 13.5. The number of amides is 2. The molecule has 122 valence electrons. The molecule has 0 fully saturated rings. The molecule has 0 bridgehead atoms.